The van der Waals surface area contributed by atoms with E-state index in [9.17, 15) is 8.42 Å². The van der Waals surface area contributed by atoms with Crippen molar-refractivity contribution in [3.63, 3.8) is 0 Å². The third-order valence-corrected chi connectivity index (χ3v) is 4.97. The number of methoxy groups -OCH3 is 1. The van der Waals surface area contributed by atoms with Crippen LogP contribution in [0.25, 0.3) is 0 Å². The molecule has 1 aromatic rings. The molecule has 20 heavy (non-hydrogen) atoms. The number of sulfonamides is 1. The maximum absolute atomic E-state index is 12.8. The molecule has 0 saturated heterocycles. The molecule has 0 radical (unpaired) electrons. The van der Waals surface area contributed by atoms with Crippen LogP contribution in [-0.2, 0) is 16.6 Å². The fourth-order valence-electron chi connectivity index (χ4n) is 1.99. The van der Waals surface area contributed by atoms with Crippen LogP contribution < -0.4 is 10.5 Å². The first-order valence-electron chi connectivity index (χ1n) is 6.73. The van der Waals surface area contributed by atoms with Crippen LogP contribution in [0.4, 0.5) is 0 Å². The summed E-state index contributed by atoms with van der Waals surface area (Å²) in [4.78, 5) is 0.186. The van der Waals surface area contributed by atoms with Crippen LogP contribution in [0.2, 0.25) is 0 Å². The van der Waals surface area contributed by atoms with E-state index in [1.54, 1.807) is 18.2 Å². The fraction of sp³-hybridized carbons (Fsp3) is 0.571. The third kappa shape index (κ3) is 3.71. The summed E-state index contributed by atoms with van der Waals surface area (Å²) in [6, 6.07) is 5.02. The molecular weight excluding hydrogens is 276 g/mol. The molecule has 0 spiro atoms. The van der Waals surface area contributed by atoms with E-state index in [0.29, 0.717) is 25.4 Å². The monoisotopic (exact) mass is 300 g/mol. The molecule has 0 atom stereocenters. The van der Waals surface area contributed by atoms with Crippen LogP contribution in [-0.4, -0.2) is 32.9 Å². The summed E-state index contributed by atoms with van der Waals surface area (Å²) in [6.45, 7) is 7.02. The zero-order chi connectivity index (χ0) is 15.3. The van der Waals surface area contributed by atoms with Gasteiger partial charge in [-0.15, -0.1) is 0 Å². The number of nitrogens with two attached hydrogens (primary N) is 1. The highest BCUT2D eigenvalue weighted by Gasteiger charge is 2.27. The Kier molecular flexibility index (Phi) is 5.98. The van der Waals surface area contributed by atoms with Crippen molar-refractivity contribution in [2.24, 2.45) is 11.7 Å². The highest BCUT2D eigenvalue weighted by molar-refractivity contribution is 7.89. The van der Waals surface area contributed by atoms with Gasteiger partial charge in [-0.3, -0.25) is 0 Å². The molecule has 0 aromatic heterocycles. The number of rotatable bonds is 7. The van der Waals surface area contributed by atoms with Gasteiger partial charge in [0.2, 0.25) is 10.0 Å². The number of ether oxygens (including phenoxy) is 1. The Bertz CT molecular complexity index is 541. The molecule has 0 aliphatic rings. The van der Waals surface area contributed by atoms with Crippen molar-refractivity contribution in [3.05, 3.63) is 23.8 Å². The van der Waals surface area contributed by atoms with Crippen molar-refractivity contribution >= 4 is 10.0 Å². The van der Waals surface area contributed by atoms with Crippen molar-refractivity contribution in [3.8, 4) is 5.75 Å². The lowest BCUT2D eigenvalue weighted by Gasteiger charge is -2.23. The molecule has 114 valence electrons. The maximum Gasteiger partial charge on any atom is 0.246 e. The van der Waals surface area contributed by atoms with Crippen molar-refractivity contribution in [1.29, 1.82) is 0 Å². The SMILES string of the molecule is CCN(CC(C)C)S(=O)(=O)c1cc(CN)ccc1OC. The minimum atomic E-state index is -3.57. The van der Waals surface area contributed by atoms with Crippen molar-refractivity contribution in [2.75, 3.05) is 20.2 Å². The minimum absolute atomic E-state index is 0.186. The quantitative estimate of drug-likeness (QED) is 0.833. The van der Waals surface area contributed by atoms with Gasteiger partial charge >= 0.3 is 0 Å². The third-order valence-electron chi connectivity index (χ3n) is 3.00. The van der Waals surface area contributed by atoms with Gasteiger partial charge in [0, 0.05) is 19.6 Å². The summed E-state index contributed by atoms with van der Waals surface area (Å²) >= 11 is 0. The first-order valence-corrected chi connectivity index (χ1v) is 8.17. The van der Waals surface area contributed by atoms with Gasteiger partial charge in [0.05, 0.1) is 7.11 Å². The van der Waals surface area contributed by atoms with E-state index in [2.05, 4.69) is 0 Å². The second-order valence-corrected chi connectivity index (χ2v) is 6.95. The van der Waals surface area contributed by atoms with Gasteiger partial charge in [0.15, 0.2) is 0 Å². The molecule has 0 aliphatic heterocycles. The van der Waals surface area contributed by atoms with Gasteiger partial charge in [-0.2, -0.15) is 4.31 Å². The average molecular weight is 300 g/mol. The lowest BCUT2D eigenvalue weighted by Crippen LogP contribution is -2.34. The molecule has 6 heteroatoms. The molecular formula is C14H24N2O3S. The Labute approximate surface area is 121 Å². The fourth-order valence-corrected chi connectivity index (χ4v) is 3.81. The van der Waals surface area contributed by atoms with Crippen molar-refractivity contribution < 1.29 is 13.2 Å². The Balaban J connectivity index is 3.31. The van der Waals surface area contributed by atoms with Crippen molar-refractivity contribution in [2.45, 2.75) is 32.2 Å². The topological polar surface area (TPSA) is 72.6 Å². The molecule has 2 N–H and O–H groups in total. The predicted molar refractivity (Wildman–Crippen MR) is 80.2 cm³/mol. The van der Waals surface area contributed by atoms with E-state index >= 15 is 0 Å². The number of nitrogens with zero attached hydrogens (tertiary/aromatic N) is 1. The second-order valence-electron chi connectivity index (χ2n) is 5.04. The smallest absolute Gasteiger partial charge is 0.246 e. The molecule has 0 saturated carbocycles. The minimum Gasteiger partial charge on any atom is -0.495 e. The van der Waals surface area contributed by atoms with Gasteiger partial charge in [-0.05, 0) is 23.6 Å². The second kappa shape index (κ2) is 7.06. The van der Waals surface area contributed by atoms with Crippen LogP contribution in [0.1, 0.15) is 26.3 Å². The Hall–Kier alpha value is -1.11. The molecule has 0 unspecified atom stereocenters. The standard InChI is InChI=1S/C14H24N2O3S/c1-5-16(10-11(2)3)20(17,18)14-8-12(9-15)6-7-13(14)19-4/h6-8,11H,5,9-10,15H2,1-4H3. The lowest BCUT2D eigenvalue weighted by molar-refractivity contribution is 0.371. The summed E-state index contributed by atoms with van der Waals surface area (Å²) in [5.41, 5.74) is 6.36. The lowest BCUT2D eigenvalue weighted by atomic mass is 10.2. The van der Waals surface area contributed by atoms with Crippen LogP contribution in [0, 0.1) is 5.92 Å². The molecule has 5 nitrogen and oxygen atoms in total. The molecule has 1 rings (SSSR count). The zero-order valence-corrected chi connectivity index (χ0v) is 13.4. The van der Waals surface area contributed by atoms with E-state index in [-0.39, 0.29) is 10.8 Å². The van der Waals surface area contributed by atoms with Crippen LogP contribution in [0.5, 0.6) is 5.75 Å². The van der Waals surface area contributed by atoms with Gasteiger partial charge < -0.3 is 10.5 Å². The van der Waals surface area contributed by atoms with Gasteiger partial charge in [-0.25, -0.2) is 8.42 Å². The molecule has 0 amide bonds. The predicted octanol–water partition coefficient (Wildman–Crippen LogP) is 1.82. The molecule has 0 aliphatic carbocycles. The van der Waals surface area contributed by atoms with Gasteiger partial charge in [0.25, 0.3) is 0 Å². The van der Waals surface area contributed by atoms with E-state index in [1.807, 2.05) is 20.8 Å². The summed E-state index contributed by atoms with van der Waals surface area (Å²) < 4.78 is 32.2. The number of hydrogen-bond acceptors (Lipinski definition) is 4. The summed E-state index contributed by atoms with van der Waals surface area (Å²) in [5, 5.41) is 0. The first kappa shape index (κ1) is 16.9. The Morgan fingerprint density at radius 3 is 2.45 bits per heavy atom. The molecule has 0 bridgehead atoms. The zero-order valence-electron chi connectivity index (χ0n) is 12.6. The van der Waals surface area contributed by atoms with Crippen LogP contribution in [0.15, 0.2) is 23.1 Å². The summed E-state index contributed by atoms with van der Waals surface area (Å²) in [5.74, 6) is 0.609. The Morgan fingerprint density at radius 1 is 1.35 bits per heavy atom. The summed E-state index contributed by atoms with van der Waals surface area (Å²) in [7, 11) is -2.10. The molecule has 0 heterocycles. The van der Waals surface area contributed by atoms with Crippen molar-refractivity contribution in [1.82, 2.24) is 4.31 Å². The number of hydrogen-bond donors (Lipinski definition) is 1. The van der Waals surface area contributed by atoms with Gasteiger partial charge in [0.1, 0.15) is 10.6 Å². The maximum atomic E-state index is 12.8. The summed E-state index contributed by atoms with van der Waals surface area (Å²) in [6.07, 6.45) is 0. The highest BCUT2D eigenvalue weighted by Crippen LogP contribution is 2.28. The van der Waals surface area contributed by atoms with E-state index in [1.165, 1.54) is 11.4 Å². The average Bonchev–Trinajstić information content (AvgIpc) is 2.43. The van der Waals surface area contributed by atoms with E-state index < -0.39 is 10.0 Å². The van der Waals surface area contributed by atoms with E-state index in [0.717, 1.165) is 5.56 Å². The normalized spacial score (nSPS) is 12.2. The first-order chi connectivity index (χ1) is 9.36. The van der Waals surface area contributed by atoms with Gasteiger partial charge in [-0.1, -0.05) is 26.8 Å². The number of benzene rings is 1. The van der Waals surface area contributed by atoms with Crippen LogP contribution in [0.3, 0.4) is 0 Å². The molecule has 1 aromatic carbocycles. The largest absolute Gasteiger partial charge is 0.495 e. The highest BCUT2D eigenvalue weighted by atomic mass is 32.2. The van der Waals surface area contributed by atoms with Crippen LogP contribution >= 0.6 is 0 Å². The Morgan fingerprint density at radius 2 is 2.00 bits per heavy atom. The molecule has 0 fully saturated rings. The van der Waals surface area contributed by atoms with E-state index in [4.69, 9.17) is 10.5 Å².